The van der Waals surface area contributed by atoms with Gasteiger partial charge in [0.1, 0.15) is 5.82 Å². The quantitative estimate of drug-likeness (QED) is 0.700. The molecule has 0 fully saturated rings. The molecule has 0 spiro atoms. The van der Waals surface area contributed by atoms with Gasteiger partial charge in [0.2, 0.25) is 0 Å². The number of rotatable bonds is 7. The Balaban J connectivity index is 2.45. The number of hydrogen-bond acceptors (Lipinski definition) is 3. The van der Waals surface area contributed by atoms with Crippen LogP contribution in [0.1, 0.15) is 31.9 Å². The smallest absolute Gasteiger partial charge is 0.121 e. The number of methoxy groups -OCH3 is 1. The number of unbranched alkanes of at least 4 members (excludes halogenated alkanes) is 1. The summed E-state index contributed by atoms with van der Waals surface area (Å²) in [6, 6.07) is 1.97. The Morgan fingerprint density at radius 1 is 1.47 bits per heavy atom. The van der Waals surface area contributed by atoms with Crippen LogP contribution in [0.5, 0.6) is 0 Å². The minimum atomic E-state index is 0.754. The van der Waals surface area contributed by atoms with Crippen LogP contribution < -0.4 is 5.73 Å². The summed E-state index contributed by atoms with van der Waals surface area (Å²) in [6.45, 7) is 3.77. The van der Waals surface area contributed by atoms with Crippen molar-refractivity contribution in [2.75, 3.05) is 19.5 Å². The summed E-state index contributed by atoms with van der Waals surface area (Å²) < 4.78 is 6.86. The van der Waals surface area contributed by atoms with Gasteiger partial charge < -0.3 is 10.5 Å². The lowest BCUT2D eigenvalue weighted by atomic mass is 10.2. The van der Waals surface area contributed by atoms with Crippen molar-refractivity contribution in [2.45, 2.75) is 39.2 Å². The highest BCUT2D eigenvalue weighted by Gasteiger charge is 2.03. The second-order valence-electron chi connectivity index (χ2n) is 3.73. The Morgan fingerprint density at radius 2 is 2.27 bits per heavy atom. The molecule has 0 unspecified atom stereocenters. The van der Waals surface area contributed by atoms with Gasteiger partial charge in [0.15, 0.2) is 0 Å². The average Bonchev–Trinajstić information content (AvgIpc) is 2.57. The summed E-state index contributed by atoms with van der Waals surface area (Å²) in [7, 11) is 1.71. The summed E-state index contributed by atoms with van der Waals surface area (Å²) in [6.07, 6.45) is 4.35. The van der Waals surface area contributed by atoms with Gasteiger partial charge in [0.25, 0.3) is 0 Å². The molecule has 86 valence electrons. The van der Waals surface area contributed by atoms with Gasteiger partial charge in [-0.3, -0.25) is 0 Å². The highest BCUT2D eigenvalue weighted by atomic mass is 16.5. The second kappa shape index (κ2) is 6.45. The Labute approximate surface area is 91.4 Å². The molecule has 4 heteroatoms. The Bertz CT molecular complexity index is 283. The largest absolute Gasteiger partial charge is 0.385 e. The van der Waals surface area contributed by atoms with Crippen LogP contribution in [0.15, 0.2) is 6.07 Å². The highest BCUT2D eigenvalue weighted by molar-refractivity contribution is 5.30. The molecule has 15 heavy (non-hydrogen) atoms. The normalized spacial score (nSPS) is 10.8. The summed E-state index contributed by atoms with van der Waals surface area (Å²) in [5, 5.41) is 4.46. The van der Waals surface area contributed by atoms with Crippen molar-refractivity contribution >= 4 is 5.82 Å². The van der Waals surface area contributed by atoms with E-state index in [0.717, 1.165) is 37.5 Å². The molecule has 4 nitrogen and oxygen atoms in total. The zero-order chi connectivity index (χ0) is 11.1. The van der Waals surface area contributed by atoms with Crippen molar-refractivity contribution in [1.82, 2.24) is 9.78 Å². The fourth-order valence-electron chi connectivity index (χ4n) is 1.50. The molecule has 0 aliphatic rings. The van der Waals surface area contributed by atoms with Gasteiger partial charge in [-0.05, 0) is 19.3 Å². The van der Waals surface area contributed by atoms with E-state index in [9.17, 15) is 0 Å². The van der Waals surface area contributed by atoms with E-state index >= 15 is 0 Å². The summed E-state index contributed by atoms with van der Waals surface area (Å²) in [5.41, 5.74) is 6.96. The maximum atomic E-state index is 5.85. The van der Waals surface area contributed by atoms with E-state index in [4.69, 9.17) is 10.5 Å². The molecule has 0 bridgehead atoms. The van der Waals surface area contributed by atoms with Gasteiger partial charge in [-0.2, -0.15) is 5.10 Å². The van der Waals surface area contributed by atoms with Gasteiger partial charge in [0.05, 0.1) is 5.69 Å². The van der Waals surface area contributed by atoms with Crippen molar-refractivity contribution in [3.63, 3.8) is 0 Å². The molecular formula is C11H21N3O. The van der Waals surface area contributed by atoms with Gasteiger partial charge in [-0.1, -0.05) is 13.3 Å². The average molecular weight is 211 g/mol. The maximum absolute atomic E-state index is 5.85. The number of aryl methyl sites for hydroxylation is 2. The standard InChI is InChI=1S/C11H21N3O/c1-3-4-6-10-9-11(12)14(13-10)7-5-8-15-2/h9H,3-8,12H2,1-2H3. The fraction of sp³-hybridized carbons (Fsp3) is 0.727. The van der Waals surface area contributed by atoms with Crippen molar-refractivity contribution < 1.29 is 4.74 Å². The number of nitrogens with zero attached hydrogens (tertiary/aromatic N) is 2. The molecule has 1 aromatic heterocycles. The van der Waals surface area contributed by atoms with Crippen LogP contribution in [0, 0.1) is 0 Å². The van der Waals surface area contributed by atoms with E-state index in [2.05, 4.69) is 12.0 Å². The molecule has 0 amide bonds. The molecule has 0 aliphatic carbocycles. The number of hydrogen-bond donors (Lipinski definition) is 1. The third-order valence-corrected chi connectivity index (χ3v) is 2.37. The monoisotopic (exact) mass is 211 g/mol. The maximum Gasteiger partial charge on any atom is 0.121 e. The summed E-state index contributed by atoms with van der Waals surface area (Å²) in [4.78, 5) is 0. The Hall–Kier alpha value is -1.03. The van der Waals surface area contributed by atoms with Crippen molar-refractivity contribution in [2.24, 2.45) is 0 Å². The first-order valence-corrected chi connectivity index (χ1v) is 5.59. The van der Waals surface area contributed by atoms with Crippen LogP contribution in [0.3, 0.4) is 0 Å². The van der Waals surface area contributed by atoms with E-state index < -0.39 is 0 Å². The van der Waals surface area contributed by atoms with E-state index in [1.54, 1.807) is 7.11 Å². The zero-order valence-electron chi connectivity index (χ0n) is 9.70. The van der Waals surface area contributed by atoms with Crippen molar-refractivity contribution in [3.8, 4) is 0 Å². The second-order valence-corrected chi connectivity index (χ2v) is 3.73. The molecule has 0 aliphatic heterocycles. The van der Waals surface area contributed by atoms with E-state index in [0.29, 0.717) is 0 Å². The number of ether oxygens (including phenoxy) is 1. The summed E-state index contributed by atoms with van der Waals surface area (Å²) in [5.74, 6) is 0.761. The molecule has 0 aromatic carbocycles. The van der Waals surface area contributed by atoms with Gasteiger partial charge in [0, 0.05) is 26.3 Å². The Morgan fingerprint density at radius 3 is 2.93 bits per heavy atom. The first-order valence-electron chi connectivity index (χ1n) is 5.59. The molecule has 0 atom stereocenters. The first-order chi connectivity index (χ1) is 7.27. The van der Waals surface area contributed by atoms with Crippen LogP contribution in [-0.2, 0) is 17.7 Å². The lowest BCUT2D eigenvalue weighted by molar-refractivity contribution is 0.189. The number of nitrogen functional groups attached to an aromatic ring is 1. The third-order valence-electron chi connectivity index (χ3n) is 2.37. The number of nitrogens with two attached hydrogens (primary N) is 1. The Kier molecular flexibility index (Phi) is 5.18. The molecular weight excluding hydrogens is 190 g/mol. The molecule has 1 rings (SSSR count). The SMILES string of the molecule is CCCCc1cc(N)n(CCCOC)n1. The molecule has 1 heterocycles. The van der Waals surface area contributed by atoms with E-state index in [-0.39, 0.29) is 0 Å². The van der Waals surface area contributed by atoms with Crippen LogP contribution in [0.25, 0.3) is 0 Å². The summed E-state index contributed by atoms with van der Waals surface area (Å²) >= 11 is 0. The van der Waals surface area contributed by atoms with Gasteiger partial charge >= 0.3 is 0 Å². The molecule has 0 saturated heterocycles. The highest BCUT2D eigenvalue weighted by Crippen LogP contribution is 2.09. The van der Waals surface area contributed by atoms with E-state index in [1.807, 2.05) is 10.7 Å². The minimum Gasteiger partial charge on any atom is -0.385 e. The number of aromatic nitrogens is 2. The first kappa shape index (κ1) is 12.0. The molecule has 0 saturated carbocycles. The van der Waals surface area contributed by atoms with Crippen LogP contribution in [0.4, 0.5) is 5.82 Å². The van der Waals surface area contributed by atoms with Crippen molar-refractivity contribution in [1.29, 1.82) is 0 Å². The molecule has 0 radical (unpaired) electrons. The molecule has 1 aromatic rings. The third kappa shape index (κ3) is 3.91. The van der Waals surface area contributed by atoms with Crippen LogP contribution in [0.2, 0.25) is 0 Å². The van der Waals surface area contributed by atoms with Gasteiger partial charge in [-0.15, -0.1) is 0 Å². The van der Waals surface area contributed by atoms with Gasteiger partial charge in [-0.25, -0.2) is 4.68 Å². The van der Waals surface area contributed by atoms with E-state index in [1.165, 1.54) is 12.8 Å². The lowest BCUT2D eigenvalue weighted by Gasteiger charge is -2.02. The topological polar surface area (TPSA) is 53.1 Å². The predicted octanol–water partition coefficient (Wildman–Crippen LogP) is 1.84. The zero-order valence-corrected chi connectivity index (χ0v) is 9.70. The van der Waals surface area contributed by atoms with Crippen LogP contribution >= 0.6 is 0 Å². The number of anilines is 1. The van der Waals surface area contributed by atoms with Crippen LogP contribution in [-0.4, -0.2) is 23.5 Å². The lowest BCUT2D eigenvalue weighted by Crippen LogP contribution is -2.06. The predicted molar refractivity (Wildman–Crippen MR) is 61.7 cm³/mol. The van der Waals surface area contributed by atoms with Crippen molar-refractivity contribution in [3.05, 3.63) is 11.8 Å². The fourth-order valence-corrected chi connectivity index (χ4v) is 1.50. The minimum absolute atomic E-state index is 0.754. The molecule has 2 N–H and O–H groups in total.